The van der Waals surface area contributed by atoms with E-state index in [0.29, 0.717) is 23.9 Å². The molecule has 0 unspecified atom stereocenters. The van der Waals surface area contributed by atoms with Gasteiger partial charge in [0.2, 0.25) is 5.91 Å². The summed E-state index contributed by atoms with van der Waals surface area (Å²) < 4.78 is 10.7. The maximum atomic E-state index is 11.8. The lowest BCUT2D eigenvalue weighted by Crippen LogP contribution is -2.18. The zero-order valence-corrected chi connectivity index (χ0v) is 13.1. The Hall–Kier alpha value is -2.04. The number of ether oxygens (including phenoxy) is 2. The fourth-order valence-electron chi connectivity index (χ4n) is 1.87. The van der Waals surface area contributed by atoms with Crippen molar-refractivity contribution in [1.29, 1.82) is 0 Å². The molecule has 22 heavy (non-hydrogen) atoms. The van der Waals surface area contributed by atoms with E-state index in [9.17, 15) is 4.79 Å². The van der Waals surface area contributed by atoms with Gasteiger partial charge in [0.15, 0.2) is 0 Å². The first-order valence-corrected chi connectivity index (χ1v) is 7.40. The second-order valence-electron chi connectivity index (χ2n) is 4.59. The number of nitrogens with one attached hydrogen (secondary N) is 1. The smallest absolute Gasteiger partial charge is 0.250 e. The minimum atomic E-state index is -0.212. The Balaban J connectivity index is 1.77. The third-order valence-electron chi connectivity index (χ3n) is 2.90. The van der Waals surface area contributed by atoms with Crippen molar-refractivity contribution in [1.82, 2.24) is 0 Å². The van der Waals surface area contributed by atoms with Crippen LogP contribution in [-0.2, 0) is 16.1 Å². The summed E-state index contributed by atoms with van der Waals surface area (Å²) in [5, 5.41) is 3.39. The Bertz CT molecular complexity index is 614. The number of rotatable bonds is 7. The summed E-state index contributed by atoms with van der Waals surface area (Å²) in [7, 11) is 0. The number of carbonyl (C=O) groups is 1. The van der Waals surface area contributed by atoms with Crippen molar-refractivity contribution >= 4 is 23.2 Å². The Morgan fingerprint density at radius 2 is 1.86 bits per heavy atom. The van der Waals surface area contributed by atoms with Gasteiger partial charge in [-0.25, -0.2) is 0 Å². The molecule has 1 N–H and O–H groups in total. The molecule has 2 rings (SSSR count). The Morgan fingerprint density at radius 1 is 1.14 bits per heavy atom. The number of anilines is 1. The lowest BCUT2D eigenvalue weighted by molar-refractivity contribution is -0.121. The summed E-state index contributed by atoms with van der Waals surface area (Å²) in [6.07, 6.45) is 0. The molecule has 116 valence electrons. The molecular formula is C17H18ClNO3. The van der Waals surface area contributed by atoms with Gasteiger partial charge < -0.3 is 14.8 Å². The zero-order valence-electron chi connectivity index (χ0n) is 12.3. The average molecular weight is 320 g/mol. The van der Waals surface area contributed by atoms with Gasteiger partial charge in [-0.3, -0.25) is 4.79 Å². The van der Waals surface area contributed by atoms with Crippen LogP contribution in [0.1, 0.15) is 12.5 Å². The van der Waals surface area contributed by atoms with Gasteiger partial charge in [0.25, 0.3) is 0 Å². The molecule has 0 aliphatic carbocycles. The second-order valence-corrected chi connectivity index (χ2v) is 5.00. The number of benzene rings is 2. The monoisotopic (exact) mass is 319 g/mol. The molecule has 0 atom stereocenters. The van der Waals surface area contributed by atoms with Crippen LogP contribution in [0, 0.1) is 0 Å². The molecule has 2 aromatic rings. The summed E-state index contributed by atoms with van der Waals surface area (Å²) in [5.41, 5.74) is 1.56. The van der Waals surface area contributed by atoms with E-state index < -0.39 is 0 Å². The van der Waals surface area contributed by atoms with Gasteiger partial charge in [0.05, 0.1) is 13.2 Å². The van der Waals surface area contributed by atoms with Crippen molar-refractivity contribution in [3.05, 3.63) is 59.1 Å². The fraction of sp³-hybridized carbons (Fsp3) is 0.235. The minimum Gasteiger partial charge on any atom is -0.494 e. The molecule has 0 aliphatic rings. The fourth-order valence-corrected chi connectivity index (χ4v) is 2.06. The quantitative estimate of drug-likeness (QED) is 0.842. The van der Waals surface area contributed by atoms with Crippen LogP contribution in [-0.4, -0.2) is 19.1 Å². The van der Waals surface area contributed by atoms with Crippen LogP contribution in [0.2, 0.25) is 5.02 Å². The predicted octanol–water partition coefficient (Wildman–Crippen LogP) is 3.89. The number of hydrogen-bond donors (Lipinski definition) is 1. The van der Waals surface area contributed by atoms with E-state index in [1.807, 2.05) is 37.3 Å². The normalized spacial score (nSPS) is 10.3. The van der Waals surface area contributed by atoms with Crippen molar-refractivity contribution in [3.63, 3.8) is 0 Å². The summed E-state index contributed by atoms with van der Waals surface area (Å²) in [6.45, 7) is 2.81. The van der Waals surface area contributed by atoms with E-state index in [4.69, 9.17) is 21.1 Å². The third-order valence-corrected chi connectivity index (χ3v) is 3.27. The lowest BCUT2D eigenvalue weighted by atomic mass is 10.2. The Morgan fingerprint density at radius 3 is 2.55 bits per heavy atom. The molecule has 2 aromatic carbocycles. The van der Waals surface area contributed by atoms with Crippen LogP contribution in [0.15, 0.2) is 48.5 Å². The molecule has 0 spiro atoms. The van der Waals surface area contributed by atoms with Crippen molar-refractivity contribution in [2.24, 2.45) is 0 Å². The van der Waals surface area contributed by atoms with Crippen molar-refractivity contribution in [3.8, 4) is 5.75 Å². The molecule has 0 radical (unpaired) electrons. The van der Waals surface area contributed by atoms with Crippen LogP contribution in [0.4, 0.5) is 5.69 Å². The summed E-state index contributed by atoms with van der Waals surface area (Å²) >= 11 is 6.02. The van der Waals surface area contributed by atoms with Crippen molar-refractivity contribution < 1.29 is 14.3 Å². The molecule has 0 fully saturated rings. The van der Waals surface area contributed by atoms with Crippen LogP contribution in [0.5, 0.6) is 5.75 Å². The molecule has 0 saturated carbocycles. The minimum absolute atomic E-state index is 0.0293. The van der Waals surface area contributed by atoms with Gasteiger partial charge in [-0.2, -0.15) is 0 Å². The number of halogens is 1. The molecule has 0 aliphatic heterocycles. The van der Waals surface area contributed by atoms with Crippen molar-refractivity contribution in [2.75, 3.05) is 18.5 Å². The van der Waals surface area contributed by atoms with E-state index in [1.54, 1.807) is 18.2 Å². The molecule has 0 aromatic heterocycles. The highest BCUT2D eigenvalue weighted by Crippen LogP contribution is 2.17. The van der Waals surface area contributed by atoms with Gasteiger partial charge in [0, 0.05) is 10.7 Å². The largest absolute Gasteiger partial charge is 0.494 e. The number of carbonyl (C=O) groups excluding carboxylic acids is 1. The first kappa shape index (κ1) is 16.3. The maximum Gasteiger partial charge on any atom is 0.250 e. The highest BCUT2D eigenvalue weighted by atomic mass is 35.5. The van der Waals surface area contributed by atoms with E-state index in [0.717, 1.165) is 11.3 Å². The van der Waals surface area contributed by atoms with E-state index >= 15 is 0 Å². The number of amides is 1. The first-order valence-electron chi connectivity index (χ1n) is 7.03. The molecule has 5 heteroatoms. The maximum absolute atomic E-state index is 11.8. The van der Waals surface area contributed by atoms with Gasteiger partial charge in [-0.1, -0.05) is 29.8 Å². The Kier molecular flexibility index (Phi) is 6.25. The molecule has 0 heterocycles. The van der Waals surface area contributed by atoms with E-state index in [2.05, 4.69) is 5.32 Å². The third kappa shape index (κ3) is 5.06. The SMILES string of the molecule is CCOc1ccc(NC(=O)COCc2ccccc2Cl)cc1. The van der Waals surface area contributed by atoms with Gasteiger partial charge >= 0.3 is 0 Å². The van der Waals surface area contributed by atoms with Crippen molar-refractivity contribution in [2.45, 2.75) is 13.5 Å². The van der Waals surface area contributed by atoms with Crippen LogP contribution in [0.3, 0.4) is 0 Å². The second kappa shape index (κ2) is 8.41. The summed E-state index contributed by atoms with van der Waals surface area (Å²) in [5.74, 6) is 0.562. The van der Waals surface area contributed by atoms with Crippen LogP contribution in [0.25, 0.3) is 0 Å². The van der Waals surface area contributed by atoms with Crippen LogP contribution >= 0.6 is 11.6 Å². The first-order chi connectivity index (χ1) is 10.7. The molecular weight excluding hydrogens is 302 g/mol. The van der Waals surface area contributed by atoms with E-state index in [-0.39, 0.29) is 12.5 Å². The molecule has 1 amide bonds. The lowest BCUT2D eigenvalue weighted by Gasteiger charge is -2.08. The number of hydrogen-bond acceptors (Lipinski definition) is 3. The highest BCUT2D eigenvalue weighted by Gasteiger charge is 2.04. The van der Waals surface area contributed by atoms with Gasteiger partial charge in [-0.15, -0.1) is 0 Å². The predicted molar refractivity (Wildman–Crippen MR) is 87.3 cm³/mol. The molecule has 4 nitrogen and oxygen atoms in total. The molecule has 0 bridgehead atoms. The van der Waals surface area contributed by atoms with E-state index in [1.165, 1.54) is 0 Å². The summed E-state index contributed by atoms with van der Waals surface area (Å²) in [6, 6.07) is 14.6. The van der Waals surface area contributed by atoms with Gasteiger partial charge in [-0.05, 0) is 42.8 Å². The Labute approximate surface area is 135 Å². The topological polar surface area (TPSA) is 47.6 Å². The average Bonchev–Trinajstić information content (AvgIpc) is 2.51. The van der Waals surface area contributed by atoms with Gasteiger partial charge in [0.1, 0.15) is 12.4 Å². The zero-order chi connectivity index (χ0) is 15.8. The standard InChI is InChI=1S/C17H18ClNO3/c1-2-22-15-9-7-14(8-10-15)19-17(20)12-21-11-13-5-3-4-6-16(13)18/h3-10H,2,11-12H2,1H3,(H,19,20). The van der Waals surface area contributed by atoms with Crippen LogP contribution < -0.4 is 10.1 Å². The summed E-state index contributed by atoms with van der Waals surface area (Å²) in [4.78, 5) is 11.8. The molecule has 0 saturated heterocycles. The highest BCUT2D eigenvalue weighted by molar-refractivity contribution is 6.31.